The van der Waals surface area contributed by atoms with E-state index in [2.05, 4.69) is 20.4 Å². The predicted molar refractivity (Wildman–Crippen MR) is 106 cm³/mol. The van der Waals surface area contributed by atoms with E-state index in [1.165, 1.54) is 22.1 Å². The molecular formula is C19H17N5O3S. The van der Waals surface area contributed by atoms with E-state index in [1.807, 2.05) is 12.3 Å². The molecule has 0 saturated carbocycles. The Hall–Kier alpha value is -3.46. The minimum atomic E-state index is -0.279. The average Bonchev–Trinajstić information content (AvgIpc) is 3.42. The van der Waals surface area contributed by atoms with Gasteiger partial charge in [-0.05, 0) is 30.0 Å². The summed E-state index contributed by atoms with van der Waals surface area (Å²) in [5.74, 6) is 0.878. The van der Waals surface area contributed by atoms with Crippen molar-refractivity contribution in [3.8, 4) is 17.4 Å². The predicted octanol–water partition coefficient (Wildman–Crippen LogP) is 3.48. The maximum Gasteiger partial charge on any atom is 0.266 e. The first-order chi connectivity index (χ1) is 13.6. The third kappa shape index (κ3) is 3.65. The summed E-state index contributed by atoms with van der Waals surface area (Å²) in [7, 11) is 0. The Kier molecular flexibility index (Phi) is 4.90. The number of nitrogens with one attached hydrogen (secondary N) is 2. The maximum absolute atomic E-state index is 12.5. The number of rotatable bonds is 6. The van der Waals surface area contributed by atoms with Gasteiger partial charge in [-0.1, -0.05) is 19.4 Å². The van der Waals surface area contributed by atoms with E-state index in [9.17, 15) is 9.59 Å². The third-order valence-electron chi connectivity index (χ3n) is 3.96. The Morgan fingerprint density at radius 2 is 2.21 bits per heavy atom. The number of aromatic nitrogens is 4. The fourth-order valence-corrected chi connectivity index (χ4v) is 3.36. The van der Waals surface area contributed by atoms with Crippen molar-refractivity contribution in [2.45, 2.75) is 19.8 Å². The molecule has 8 nitrogen and oxygen atoms in total. The number of furan rings is 1. The number of hydrogen-bond donors (Lipinski definition) is 2. The molecule has 2 N–H and O–H groups in total. The molecule has 28 heavy (non-hydrogen) atoms. The first-order valence-electron chi connectivity index (χ1n) is 8.73. The molecular weight excluding hydrogens is 378 g/mol. The number of thiophene rings is 1. The molecule has 4 heterocycles. The van der Waals surface area contributed by atoms with E-state index in [0.29, 0.717) is 34.3 Å². The Morgan fingerprint density at radius 3 is 2.93 bits per heavy atom. The summed E-state index contributed by atoms with van der Waals surface area (Å²) in [6.07, 6.45) is 3.06. The summed E-state index contributed by atoms with van der Waals surface area (Å²) in [6, 6.07) is 10.2. The number of nitrogens with zero attached hydrogens (tertiary/aromatic N) is 3. The van der Waals surface area contributed by atoms with Crippen LogP contribution in [-0.2, 0) is 6.42 Å². The lowest BCUT2D eigenvalue weighted by Gasteiger charge is -2.08. The van der Waals surface area contributed by atoms with Crippen LogP contribution in [0.15, 0.2) is 57.3 Å². The zero-order valence-corrected chi connectivity index (χ0v) is 15.8. The SMILES string of the molecule is CCCc1cc(=O)[nH]c(-n2nc(-c3ccco3)cc2NC(=O)c2cccs2)n1. The van der Waals surface area contributed by atoms with Crippen molar-refractivity contribution in [1.29, 1.82) is 0 Å². The number of hydrogen-bond acceptors (Lipinski definition) is 6. The van der Waals surface area contributed by atoms with Crippen molar-refractivity contribution >= 4 is 23.1 Å². The number of H-pyrrole nitrogens is 1. The van der Waals surface area contributed by atoms with Crippen molar-refractivity contribution in [1.82, 2.24) is 19.7 Å². The second-order valence-corrected chi connectivity index (χ2v) is 6.99. The van der Waals surface area contributed by atoms with Crippen LogP contribution >= 0.6 is 11.3 Å². The molecule has 142 valence electrons. The highest BCUT2D eigenvalue weighted by atomic mass is 32.1. The van der Waals surface area contributed by atoms with Gasteiger partial charge >= 0.3 is 0 Å². The van der Waals surface area contributed by atoms with Crippen molar-refractivity contribution in [2.75, 3.05) is 5.32 Å². The normalized spacial score (nSPS) is 10.9. The zero-order valence-electron chi connectivity index (χ0n) is 15.0. The van der Waals surface area contributed by atoms with Crippen LogP contribution < -0.4 is 10.9 Å². The molecule has 0 bridgehead atoms. The monoisotopic (exact) mass is 395 g/mol. The molecule has 0 fully saturated rings. The Bertz CT molecular complexity index is 1140. The fourth-order valence-electron chi connectivity index (χ4n) is 2.74. The van der Waals surface area contributed by atoms with Gasteiger partial charge < -0.3 is 9.73 Å². The van der Waals surface area contributed by atoms with Crippen molar-refractivity contribution in [3.63, 3.8) is 0 Å². The molecule has 1 amide bonds. The molecule has 0 spiro atoms. The Morgan fingerprint density at radius 1 is 1.32 bits per heavy atom. The number of carbonyl (C=O) groups excluding carboxylic acids is 1. The fraction of sp³-hybridized carbons (Fsp3) is 0.158. The van der Waals surface area contributed by atoms with E-state index in [-0.39, 0.29) is 17.4 Å². The van der Waals surface area contributed by atoms with Crippen LogP contribution in [-0.4, -0.2) is 25.7 Å². The van der Waals surface area contributed by atoms with Gasteiger partial charge in [0.05, 0.1) is 11.1 Å². The molecule has 0 aliphatic heterocycles. The van der Waals surface area contributed by atoms with E-state index in [4.69, 9.17) is 4.42 Å². The summed E-state index contributed by atoms with van der Waals surface area (Å²) in [5.41, 5.74) is 0.890. The molecule has 0 aliphatic carbocycles. The van der Waals surface area contributed by atoms with Gasteiger partial charge in [0.25, 0.3) is 11.5 Å². The van der Waals surface area contributed by atoms with Gasteiger partial charge in [-0.3, -0.25) is 14.6 Å². The minimum Gasteiger partial charge on any atom is -0.463 e. The van der Waals surface area contributed by atoms with E-state index in [0.717, 1.165) is 6.42 Å². The number of carbonyl (C=O) groups is 1. The Balaban J connectivity index is 1.79. The number of aromatic amines is 1. The van der Waals surface area contributed by atoms with Crippen LogP contribution in [0.2, 0.25) is 0 Å². The van der Waals surface area contributed by atoms with Crippen LogP contribution in [0, 0.1) is 0 Å². The van der Waals surface area contributed by atoms with Crippen LogP contribution in [0.1, 0.15) is 28.7 Å². The van der Waals surface area contributed by atoms with Crippen molar-refractivity contribution < 1.29 is 9.21 Å². The number of amides is 1. The summed E-state index contributed by atoms with van der Waals surface area (Å²) >= 11 is 1.33. The van der Waals surface area contributed by atoms with Crippen LogP contribution in [0.25, 0.3) is 17.4 Å². The largest absolute Gasteiger partial charge is 0.463 e. The van der Waals surface area contributed by atoms with E-state index >= 15 is 0 Å². The summed E-state index contributed by atoms with van der Waals surface area (Å²) < 4.78 is 6.81. The molecule has 0 saturated heterocycles. The lowest BCUT2D eigenvalue weighted by molar-refractivity contribution is 0.103. The first-order valence-corrected chi connectivity index (χ1v) is 9.61. The van der Waals surface area contributed by atoms with Gasteiger partial charge in [0.1, 0.15) is 11.5 Å². The number of aryl methyl sites for hydroxylation is 1. The van der Waals surface area contributed by atoms with E-state index in [1.54, 1.807) is 36.6 Å². The van der Waals surface area contributed by atoms with Gasteiger partial charge in [-0.15, -0.1) is 11.3 Å². The number of anilines is 1. The molecule has 4 rings (SSSR count). The van der Waals surface area contributed by atoms with Crippen molar-refractivity contribution in [2.24, 2.45) is 0 Å². The summed E-state index contributed by atoms with van der Waals surface area (Å²) in [6.45, 7) is 2.01. The van der Waals surface area contributed by atoms with Gasteiger partial charge in [0.15, 0.2) is 5.76 Å². The lowest BCUT2D eigenvalue weighted by atomic mass is 10.2. The second-order valence-electron chi connectivity index (χ2n) is 6.05. The lowest BCUT2D eigenvalue weighted by Crippen LogP contribution is -2.19. The summed E-state index contributed by atoms with van der Waals surface area (Å²) in [4.78, 5) is 32.3. The molecule has 0 aliphatic rings. The van der Waals surface area contributed by atoms with Crippen LogP contribution in [0.5, 0.6) is 0 Å². The minimum absolute atomic E-state index is 0.232. The third-order valence-corrected chi connectivity index (χ3v) is 4.83. The molecule has 4 aromatic rings. The van der Waals surface area contributed by atoms with E-state index < -0.39 is 0 Å². The average molecular weight is 395 g/mol. The maximum atomic E-state index is 12.5. The topological polar surface area (TPSA) is 106 Å². The molecule has 0 unspecified atom stereocenters. The first kappa shape index (κ1) is 17.9. The van der Waals surface area contributed by atoms with Gasteiger partial charge in [0, 0.05) is 17.8 Å². The highest BCUT2D eigenvalue weighted by Gasteiger charge is 2.18. The Labute approximate surface area is 163 Å². The highest BCUT2D eigenvalue weighted by molar-refractivity contribution is 7.12. The molecule has 0 aromatic carbocycles. The second kappa shape index (κ2) is 7.65. The molecule has 0 radical (unpaired) electrons. The standard InChI is InChI=1S/C19H17N5O3S/c1-2-5-12-10-17(25)22-19(20-12)24-16(21-18(26)15-7-4-9-28-15)11-13(23-24)14-6-3-8-27-14/h3-4,6-11H,2,5H2,1H3,(H,21,26)(H,20,22,25). The van der Waals surface area contributed by atoms with Gasteiger partial charge in [0.2, 0.25) is 5.95 Å². The zero-order chi connectivity index (χ0) is 19.5. The molecule has 9 heteroatoms. The van der Waals surface area contributed by atoms with Crippen LogP contribution in [0.4, 0.5) is 5.82 Å². The molecule has 4 aromatic heterocycles. The van der Waals surface area contributed by atoms with Gasteiger partial charge in [-0.25, -0.2) is 4.98 Å². The van der Waals surface area contributed by atoms with Gasteiger partial charge in [-0.2, -0.15) is 9.78 Å². The van der Waals surface area contributed by atoms with Crippen molar-refractivity contribution in [3.05, 3.63) is 69.0 Å². The van der Waals surface area contributed by atoms with Crippen LogP contribution in [0.3, 0.4) is 0 Å². The quantitative estimate of drug-likeness (QED) is 0.520. The molecule has 0 atom stereocenters. The highest BCUT2D eigenvalue weighted by Crippen LogP contribution is 2.24. The summed E-state index contributed by atoms with van der Waals surface area (Å²) in [5, 5.41) is 9.14. The smallest absolute Gasteiger partial charge is 0.266 e.